The van der Waals surface area contributed by atoms with Crippen molar-refractivity contribution in [3.8, 4) is 6.01 Å². The zero-order chi connectivity index (χ0) is 26.8. The van der Waals surface area contributed by atoms with Crippen LogP contribution in [-0.4, -0.2) is 52.2 Å². The van der Waals surface area contributed by atoms with Crippen molar-refractivity contribution in [1.29, 1.82) is 0 Å². The number of hydrogen-bond acceptors (Lipinski definition) is 6. The van der Waals surface area contributed by atoms with Gasteiger partial charge in [0.1, 0.15) is 11.8 Å². The lowest BCUT2D eigenvalue weighted by atomic mass is 10.1. The molecule has 2 aromatic carbocycles. The first-order valence-corrected chi connectivity index (χ1v) is 11.6. The number of likely N-dealkylation sites (N-methyl/N-ethyl adjacent to an activating group) is 2. The number of ether oxygens (including phenoxy) is 1. The summed E-state index contributed by atoms with van der Waals surface area (Å²) in [5.74, 6) is -0.217. The molecule has 0 N–H and O–H groups in total. The Labute approximate surface area is 212 Å². The highest BCUT2D eigenvalue weighted by molar-refractivity contribution is 5.53. The van der Waals surface area contributed by atoms with Crippen molar-refractivity contribution in [3.63, 3.8) is 0 Å². The van der Waals surface area contributed by atoms with Crippen molar-refractivity contribution < 1.29 is 22.8 Å². The summed E-state index contributed by atoms with van der Waals surface area (Å²) in [7, 11) is 3.94. The van der Waals surface area contributed by atoms with Gasteiger partial charge in [0, 0.05) is 37.4 Å². The van der Waals surface area contributed by atoms with Crippen molar-refractivity contribution in [2.45, 2.75) is 31.8 Å². The van der Waals surface area contributed by atoms with E-state index in [0.29, 0.717) is 31.7 Å². The van der Waals surface area contributed by atoms with Crippen molar-refractivity contribution in [1.82, 2.24) is 14.5 Å². The summed E-state index contributed by atoms with van der Waals surface area (Å²) in [6, 6.07) is 13.5. The second-order valence-corrected chi connectivity index (χ2v) is 9.56. The zero-order valence-electron chi connectivity index (χ0n) is 20.8. The molecule has 0 radical (unpaired) electrons. The predicted octanol–water partition coefficient (Wildman–Crippen LogP) is 5.24. The molecule has 1 aliphatic rings. The monoisotopic (exact) mass is 515 g/mol. The number of imidazole rings is 1. The second kappa shape index (κ2) is 10.3. The maximum absolute atomic E-state index is 12.7. The number of nitro groups is 1. The van der Waals surface area contributed by atoms with Crippen LogP contribution < -0.4 is 9.64 Å². The van der Waals surface area contributed by atoms with Gasteiger partial charge in [0.25, 0.3) is 0 Å². The SMILES string of the molecule is CN(Cc1ccc(N(C)C/C=C/c2ccc(C(F)(F)F)cc2)cc1)C[C@@]1(C)Cn2cc([N+](=O)[O-])nc2O1. The molecule has 8 nitrogen and oxygen atoms in total. The van der Waals surface area contributed by atoms with E-state index in [2.05, 4.69) is 9.88 Å². The molecule has 2 heterocycles. The normalized spacial score (nSPS) is 17.3. The summed E-state index contributed by atoms with van der Waals surface area (Å²) in [4.78, 5) is 18.5. The van der Waals surface area contributed by atoms with E-state index >= 15 is 0 Å². The van der Waals surface area contributed by atoms with E-state index < -0.39 is 22.3 Å². The molecule has 1 atom stereocenters. The number of anilines is 1. The summed E-state index contributed by atoms with van der Waals surface area (Å²) in [6.45, 7) is 4.35. The number of nitrogens with zero attached hydrogens (tertiary/aromatic N) is 5. The third kappa shape index (κ3) is 6.48. The molecule has 0 bridgehead atoms. The highest BCUT2D eigenvalue weighted by Crippen LogP contribution is 2.32. The van der Waals surface area contributed by atoms with Crippen molar-refractivity contribution in [2.24, 2.45) is 0 Å². The minimum absolute atomic E-state index is 0.217. The largest absolute Gasteiger partial charge is 0.436 e. The molecule has 11 heteroatoms. The van der Waals surface area contributed by atoms with Crippen LogP contribution in [0.3, 0.4) is 0 Å². The molecule has 1 aromatic heterocycles. The van der Waals surface area contributed by atoms with Crippen LogP contribution in [0.1, 0.15) is 23.6 Å². The number of fused-ring (bicyclic) bond motifs is 1. The van der Waals surface area contributed by atoms with Gasteiger partial charge in [-0.3, -0.25) is 9.47 Å². The highest BCUT2D eigenvalue weighted by atomic mass is 19.4. The van der Waals surface area contributed by atoms with Gasteiger partial charge in [-0.05, 0) is 54.3 Å². The van der Waals surface area contributed by atoms with Gasteiger partial charge < -0.3 is 19.8 Å². The Kier molecular flexibility index (Phi) is 7.26. The van der Waals surface area contributed by atoms with Gasteiger partial charge in [-0.25, -0.2) is 0 Å². The van der Waals surface area contributed by atoms with E-state index in [1.54, 1.807) is 10.6 Å². The fourth-order valence-electron chi connectivity index (χ4n) is 4.39. The quantitative estimate of drug-likeness (QED) is 0.287. The topological polar surface area (TPSA) is 76.7 Å². The molecule has 0 aliphatic carbocycles. The third-order valence-electron chi connectivity index (χ3n) is 6.12. The Morgan fingerprint density at radius 2 is 1.84 bits per heavy atom. The number of hydrogen-bond donors (Lipinski definition) is 0. The average Bonchev–Trinajstić information content (AvgIpc) is 3.34. The Hall–Kier alpha value is -3.86. The van der Waals surface area contributed by atoms with Gasteiger partial charge in [0.2, 0.25) is 0 Å². The van der Waals surface area contributed by atoms with E-state index in [-0.39, 0.29) is 11.8 Å². The Morgan fingerprint density at radius 1 is 1.16 bits per heavy atom. The first-order valence-electron chi connectivity index (χ1n) is 11.6. The number of halogens is 3. The van der Waals surface area contributed by atoms with Crippen LogP contribution in [0.2, 0.25) is 0 Å². The molecule has 0 spiro atoms. The van der Waals surface area contributed by atoms with Crippen molar-refractivity contribution in [3.05, 3.63) is 87.6 Å². The van der Waals surface area contributed by atoms with E-state index in [4.69, 9.17) is 4.74 Å². The Balaban J connectivity index is 1.26. The highest BCUT2D eigenvalue weighted by Gasteiger charge is 2.41. The molecule has 0 saturated carbocycles. The van der Waals surface area contributed by atoms with Crippen LogP contribution in [0.25, 0.3) is 6.08 Å². The molecule has 4 rings (SSSR count). The van der Waals surface area contributed by atoms with Crippen LogP contribution in [0.15, 0.2) is 60.8 Å². The minimum atomic E-state index is -4.33. The van der Waals surface area contributed by atoms with Gasteiger partial charge in [-0.2, -0.15) is 13.2 Å². The van der Waals surface area contributed by atoms with E-state index in [0.717, 1.165) is 23.4 Å². The molecule has 0 amide bonds. The average molecular weight is 516 g/mol. The van der Waals surface area contributed by atoms with Crippen LogP contribution in [0.4, 0.5) is 24.7 Å². The lowest BCUT2D eigenvalue weighted by molar-refractivity contribution is -0.389. The first-order chi connectivity index (χ1) is 17.4. The summed E-state index contributed by atoms with van der Waals surface area (Å²) in [6.07, 6.45) is 0.775. The van der Waals surface area contributed by atoms with Crippen molar-refractivity contribution in [2.75, 3.05) is 32.1 Å². The lowest BCUT2D eigenvalue weighted by Crippen LogP contribution is -2.43. The summed E-state index contributed by atoms with van der Waals surface area (Å²) < 4.78 is 45.7. The molecule has 0 fully saturated rings. The van der Waals surface area contributed by atoms with Crippen LogP contribution in [0, 0.1) is 10.1 Å². The van der Waals surface area contributed by atoms with E-state index in [1.807, 2.05) is 56.3 Å². The fraction of sp³-hybridized carbons (Fsp3) is 0.346. The standard InChI is InChI=1S/C26H28F3N5O3/c1-25(18-33-16-23(34(35)36)30-24(33)37-25)17-31(2)15-20-8-12-22(13-9-20)32(3)14-4-5-19-6-10-21(11-7-19)26(27,28)29/h4-13,16H,14-15,17-18H2,1-3H3/b5-4+/t25-/m0/s1. The summed E-state index contributed by atoms with van der Waals surface area (Å²) in [5.41, 5.74) is 1.65. The van der Waals surface area contributed by atoms with Gasteiger partial charge in [0.05, 0.1) is 12.1 Å². The van der Waals surface area contributed by atoms with Crippen LogP contribution >= 0.6 is 0 Å². The summed E-state index contributed by atoms with van der Waals surface area (Å²) in [5, 5.41) is 10.9. The maximum atomic E-state index is 12.7. The zero-order valence-corrected chi connectivity index (χ0v) is 20.8. The van der Waals surface area contributed by atoms with Gasteiger partial charge in [-0.1, -0.05) is 36.4 Å². The first kappa shape index (κ1) is 26.2. The van der Waals surface area contributed by atoms with Crippen LogP contribution in [-0.2, 0) is 19.3 Å². The molecule has 3 aromatic rings. The molecular weight excluding hydrogens is 487 g/mol. The predicted molar refractivity (Wildman–Crippen MR) is 134 cm³/mol. The molecule has 196 valence electrons. The number of alkyl halides is 3. The number of benzene rings is 2. The van der Waals surface area contributed by atoms with E-state index in [1.165, 1.54) is 18.3 Å². The second-order valence-electron chi connectivity index (χ2n) is 9.56. The lowest BCUT2D eigenvalue weighted by Gasteiger charge is -2.28. The van der Waals surface area contributed by atoms with Gasteiger partial charge in [0.15, 0.2) is 0 Å². The molecule has 37 heavy (non-hydrogen) atoms. The number of aromatic nitrogens is 2. The summed E-state index contributed by atoms with van der Waals surface area (Å²) >= 11 is 0. The Bertz CT molecular complexity index is 1250. The smallest absolute Gasteiger partial charge is 0.416 e. The minimum Gasteiger partial charge on any atom is -0.436 e. The van der Waals surface area contributed by atoms with Crippen molar-refractivity contribution >= 4 is 17.6 Å². The number of rotatable bonds is 9. The molecular formula is C26H28F3N5O3. The van der Waals surface area contributed by atoms with Crippen LogP contribution in [0.5, 0.6) is 6.01 Å². The van der Waals surface area contributed by atoms with Gasteiger partial charge >= 0.3 is 18.0 Å². The van der Waals surface area contributed by atoms with E-state index in [9.17, 15) is 23.3 Å². The molecule has 0 unspecified atom stereocenters. The fourth-order valence-corrected chi connectivity index (χ4v) is 4.39. The molecule has 1 aliphatic heterocycles. The van der Waals surface area contributed by atoms with Gasteiger partial charge in [-0.15, -0.1) is 0 Å². The third-order valence-corrected chi connectivity index (χ3v) is 6.12. The maximum Gasteiger partial charge on any atom is 0.416 e. The Morgan fingerprint density at radius 3 is 2.43 bits per heavy atom. The molecule has 0 saturated heterocycles.